The fourth-order valence-electron chi connectivity index (χ4n) is 1.59. The molecule has 1 N–H and O–H groups in total. The monoisotopic (exact) mass is 316 g/mol. The number of benzene rings is 1. The molecule has 0 saturated heterocycles. The molecule has 112 valence electrons. The van der Waals surface area contributed by atoms with Crippen LogP contribution in [0, 0.1) is 0 Å². The maximum Gasteiger partial charge on any atom is 0.501 e. The molecule has 1 aromatic heterocycles. The molecule has 0 aliphatic carbocycles. The summed E-state index contributed by atoms with van der Waals surface area (Å²) < 4.78 is 59.5. The largest absolute Gasteiger partial charge is 0.501 e. The van der Waals surface area contributed by atoms with Crippen LogP contribution in [0.4, 0.5) is 18.9 Å². The van der Waals surface area contributed by atoms with Crippen LogP contribution in [-0.4, -0.2) is 18.9 Å². The van der Waals surface area contributed by atoms with Gasteiger partial charge < -0.3 is 5.32 Å². The third-order valence-electron chi connectivity index (χ3n) is 2.72. The highest BCUT2D eigenvalue weighted by atomic mass is 32.2. The molecule has 1 heterocycles. The summed E-state index contributed by atoms with van der Waals surface area (Å²) >= 11 is 0. The van der Waals surface area contributed by atoms with Crippen molar-refractivity contribution in [3.05, 3.63) is 54.4 Å². The average molecular weight is 316 g/mol. The number of hydrogen-bond donors (Lipinski definition) is 1. The van der Waals surface area contributed by atoms with Gasteiger partial charge in [0.1, 0.15) is 0 Å². The summed E-state index contributed by atoms with van der Waals surface area (Å²) in [5.74, 6) is 0. The average Bonchev–Trinajstić information content (AvgIpc) is 2.45. The number of rotatable bonds is 4. The van der Waals surface area contributed by atoms with Crippen LogP contribution in [0.1, 0.15) is 5.56 Å². The van der Waals surface area contributed by atoms with Crippen LogP contribution in [0.25, 0.3) is 0 Å². The normalized spacial score (nSPS) is 12.1. The van der Waals surface area contributed by atoms with Gasteiger partial charge in [-0.15, -0.1) is 0 Å². The fraction of sp³-hybridized carbons (Fsp3) is 0.154. The van der Waals surface area contributed by atoms with Gasteiger partial charge >= 0.3 is 5.51 Å². The molecule has 0 aliphatic heterocycles. The van der Waals surface area contributed by atoms with Crippen LogP contribution in [0.2, 0.25) is 0 Å². The molecule has 0 amide bonds. The molecular formula is C13H11F3N2O2S. The summed E-state index contributed by atoms with van der Waals surface area (Å²) in [4.78, 5) is 3.09. The Morgan fingerprint density at radius 1 is 1.00 bits per heavy atom. The van der Waals surface area contributed by atoms with Crippen molar-refractivity contribution in [2.24, 2.45) is 0 Å². The van der Waals surface area contributed by atoms with Crippen molar-refractivity contribution in [1.82, 2.24) is 4.98 Å². The van der Waals surface area contributed by atoms with E-state index in [1.165, 1.54) is 12.1 Å². The van der Waals surface area contributed by atoms with E-state index in [1.54, 1.807) is 24.5 Å². The Labute approximate surface area is 119 Å². The van der Waals surface area contributed by atoms with Gasteiger partial charge in [0, 0.05) is 24.6 Å². The molecular weight excluding hydrogens is 305 g/mol. The molecule has 0 spiro atoms. The number of anilines is 1. The lowest BCUT2D eigenvalue weighted by molar-refractivity contribution is -0.0436. The van der Waals surface area contributed by atoms with E-state index in [1.807, 2.05) is 0 Å². The van der Waals surface area contributed by atoms with Gasteiger partial charge in [0.15, 0.2) is 0 Å². The minimum absolute atomic E-state index is 0.452. The number of aromatic nitrogens is 1. The third kappa shape index (κ3) is 3.52. The first kappa shape index (κ1) is 15.3. The number of pyridine rings is 1. The topological polar surface area (TPSA) is 59.1 Å². The Hall–Kier alpha value is -2.09. The standard InChI is InChI=1S/C13H11F3N2O2S/c14-13(15,16)21(19,20)12-3-1-11(2-4-12)18-9-10-5-7-17-8-6-10/h1-8,18H,9H2. The maximum atomic E-state index is 12.4. The molecule has 2 aromatic rings. The maximum absolute atomic E-state index is 12.4. The lowest BCUT2D eigenvalue weighted by Gasteiger charge is -2.10. The zero-order valence-corrected chi connectivity index (χ0v) is 11.4. The van der Waals surface area contributed by atoms with Gasteiger partial charge in [0.05, 0.1) is 4.90 Å². The third-order valence-corrected chi connectivity index (χ3v) is 4.22. The van der Waals surface area contributed by atoms with Crippen molar-refractivity contribution in [2.45, 2.75) is 16.9 Å². The molecule has 0 fully saturated rings. The van der Waals surface area contributed by atoms with E-state index >= 15 is 0 Å². The molecule has 0 aliphatic rings. The van der Waals surface area contributed by atoms with Crippen molar-refractivity contribution in [2.75, 3.05) is 5.32 Å². The number of alkyl halides is 3. The Bertz CT molecular complexity index is 698. The van der Waals surface area contributed by atoms with Crippen molar-refractivity contribution in [3.63, 3.8) is 0 Å². The summed E-state index contributed by atoms with van der Waals surface area (Å²) in [6, 6.07) is 8.01. The van der Waals surface area contributed by atoms with E-state index in [0.717, 1.165) is 17.7 Å². The second kappa shape index (κ2) is 5.72. The van der Waals surface area contributed by atoms with E-state index in [9.17, 15) is 21.6 Å². The second-order valence-corrected chi connectivity index (χ2v) is 6.12. The predicted octanol–water partition coefficient (Wildman–Crippen LogP) is 2.99. The lowest BCUT2D eigenvalue weighted by atomic mass is 10.2. The number of halogens is 3. The van der Waals surface area contributed by atoms with Gasteiger partial charge in [-0.2, -0.15) is 13.2 Å². The first-order chi connectivity index (χ1) is 9.80. The van der Waals surface area contributed by atoms with Crippen molar-refractivity contribution < 1.29 is 21.6 Å². The van der Waals surface area contributed by atoms with Gasteiger partial charge in [-0.25, -0.2) is 8.42 Å². The van der Waals surface area contributed by atoms with Crippen LogP contribution in [0.15, 0.2) is 53.7 Å². The second-order valence-electron chi connectivity index (χ2n) is 4.18. The quantitative estimate of drug-likeness (QED) is 0.942. The van der Waals surface area contributed by atoms with Crippen molar-refractivity contribution >= 4 is 15.5 Å². The number of hydrogen-bond acceptors (Lipinski definition) is 4. The van der Waals surface area contributed by atoms with Gasteiger partial charge in [0.25, 0.3) is 9.84 Å². The zero-order chi connectivity index (χ0) is 15.5. The zero-order valence-electron chi connectivity index (χ0n) is 10.6. The van der Waals surface area contributed by atoms with Crippen LogP contribution >= 0.6 is 0 Å². The Morgan fingerprint density at radius 3 is 2.10 bits per heavy atom. The van der Waals surface area contributed by atoms with E-state index in [4.69, 9.17) is 0 Å². The number of nitrogens with zero attached hydrogens (tertiary/aromatic N) is 1. The first-order valence-corrected chi connectivity index (χ1v) is 7.33. The molecule has 0 bridgehead atoms. The Morgan fingerprint density at radius 2 is 1.57 bits per heavy atom. The van der Waals surface area contributed by atoms with E-state index in [0.29, 0.717) is 12.2 Å². The van der Waals surface area contributed by atoms with Gasteiger partial charge in [0.2, 0.25) is 0 Å². The van der Waals surface area contributed by atoms with E-state index < -0.39 is 20.2 Å². The summed E-state index contributed by atoms with van der Waals surface area (Å²) in [5.41, 5.74) is -3.83. The highest BCUT2D eigenvalue weighted by molar-refractivity contribution is 7.92. The molecule has 0 atom stereocenters. The Kier molecular flexibility index (Phi) is 4.17. The summed E-state index contributed by atoms with van der Waals surface area (Å²) in [6.45, 7) is 0.452. The Balaban J connectivity index is 2.10. The molecule has 21 heavy (non-hydrogen) atoms. The van der Waals surface area contributed by atoms with Crippen LogP contribution in [0.5, 0.6) is 0 Å². The molecule has 1 aromatic carbocycles. The molecule has 0 radical (unpaired) electrons. The van der Waals surface area contributed by atoms with Crippen molar-refractivity contribution in [1.29, 1.82) is 0 Å². The fourth-order valence-corrected chi connectivity index (χ4v) is 2.35. The molecule has 0 unspecified atom stereocenters. The minimum atomic E-state index is -5.30. The van der Waals surface area contributed by atoms with Gasteiger partial charge in [-0.1, -0.05) is 0 Å². The lowest BCUT2D eigenvalue weighted by Crippen LogP contribution is -2.23. The number of nitrogens with one attached hydrogen (secondary N) is 1. The smallest absolute Gasteiger partial charge is 0.381 e. The highest BCUT2D eigenvalue weighted by Gasteiger charge is 2.46. The SMILES string of the molecule is O=S(=O)(c1ccc(NCc2ccncc2)cc1)C(F)(F)F. The summed E-state index contributed by atoms with van der Waals surface area (Å²) in [7, 11) is -5.30. The van der Waals surface area contributed by atoms with E-state index in [-0.39, 0.29) is 0 Å². The van der Waals surface area contributed by atoms with Crippen molar-refractivity contribution in [3.8, 4) is 0 Å². The van der Waals surface area contributed by atoms with E-state index in [2.05, 4.69) is 10.3 Å². The molecule has 0 saturated carbocycles. The van der Waals surface area contributed by atoms with Crippen LogP contribution in [0.3, 0.4) is 0 Å². The first-order valence-electron chi connectivity index (χ1n) is 5.85. The van der Waals surface area contributed by atoms with Crippen LogP contribution in [-0.2, 0) is 16.4 Å². The summed E-state index contributed by atoms with van der Waals surface area (Å²) in [5, 5.41) is 2.97. The number of sulfone groups is 1. The molecule has 8 heteroatoms. The molecule has 2 rings (SSSR count). The van der Waals surface area contributed by atoms with Crippen LogP contribution < -0.4 is 5.32 Å². The summed E-state index contributed by atoms with van der Waals surface area (Å²) in [6.07, 6.45) is 3.24. The molecule has 4 nitrogen and oxygen atoms in total. The minimum Gasteiger partial charge on any atom is -0.381 e. The van der Waals surface area contributed by atoms with Gasteiger partial charge in [-0.3, -0.25) is 4.98 Å². The van der Waals surface area contributed by atoms with Gasteiger partial charge in [-0.05, 0) is 42.0 Å². The highest BCUT2D eigenvalue weighted by Crippen LogP contribution is 2.30. The predicted molar refractivity (Wildman–Crippen MR) is 71.2 cm³/mol.